The summed E-state index contributed by atoms with van der Waals surface area (Å²) in [6.45, 7) is 3.96. The van der Waals surface area contributed by atoms with E-state index in [0.29, 0.717) is 42.9 Å². The van der Waals surface area contributed by atoms with Gasteiger partial charge in [0.05, 0.1) is 35.2 Å². The molecule has 0 saturated carbocycles. The van der Waals surface area contributed by atoms with Crippen LogP contribution in [-0.4, -0.2) is 61.8 Å². The number of piperazine rings is 1. The Bertz CT molecular complexity index is 1570. The maximum atomic E-state index is 13.7. The molecule has 1 fully saturated rings. The van der Waals surface area contributed by atoms with Crippen LogP contribution in [0.2, 0.25) is 0 Å². The summed E-state index contributed by atoms with van der Waals surface area (Å²) in [4.78, 5) is 32.0. The summed E-state index contributed by atoms with van der Waals surface area (Å²) >= 11 is 0. The van der Waals surface area contributed by atoms with Crippen molar-refractivity contribution in [1.29, 1.82) is 0 Å². The molecule has 1 aliphatic heterocycles. The molecule has 0 unspecified atom stereocenters. The molecule has 1 aromatic carbocycles. The quantitative estimate of drug-likeness (QED) is 0.313. The van der Waals surface area contributed by atoms with Gasteiger partial charge in [-0.25, -0.2) is 15.0 Å². The minimum Gasteiger partial charge on any atom is -0.340 e. The van der Waals surface area contributed by atoms with E-state index in [9.17, 15) is 31.1 Å². The highest BCUT2D eigenvalue weighted by molar-refractivity contribution is 5.93. The summed E-state index contributed by atoms with van der Waals surface area (Å²) in [5.74, 6) is 0.562. The van der Waals surface area contributed by atoms with Crippen LogP contribution < -0.4 is 5.32 Å². The molecule has 1 N–H and O–H groups in total. The molecule has 0 radical (unpaired) electrons. The number of carbonyl (C=O) groups is 1. The minimum atomic E-state index is -4.63. The van der Waals surface area contributed by atoms with E-state index in [-0.39, 0.29) is 35.2 Å². The lowest BCUT2D eigenvalue weighted by Crippen LogP contribution is -2.47. The molecule has 4 aromatic rings. The first-order chi connectivity index (χ1) is 19.4. The highest BCUT2D eigenvalue weighted by Crippen LogP contribution is 2.37. The molecule has 5 rings (SSSR count). The third-order valence-electron chi connectivity index (χ3n) is 6.63. The number of amides is 1. The predicted molar refractivity (Wildman–Crippen MR) is 138 cm³/mol. The van der Waals surface area contributed by atoms with E-state index >= 15 is 0 Å². The maximum Gasteiger partial charge on any atom is 0.433 e. The third kappa shape index (κ3) is 6.37. The largest absolute Gasteiger partial charge is 0.433 e. The number of hydrogen-bond acceptors (Lipinski definition) is 7. The van der Waals surface area contributed by atoms with Crippen molar-refractivity contribution in [3.8, 4) is 11.3 Å². The zero-order valence-electron chi connectivity index (χ0n) is 21.6. The number of rotatable bonds is 5. The van der Waals surface area contributed by atoms with Gasteiger partial charge in [0.1, 0.15) is 17.3 Å². The van der Waals surface area contributed by atoms with Crippen molar-refractivity contribution < 1.29 is 31.1 Å². The number of hydrogen-bond donors (Lipinski definition) is 1. The lowest BCUT2D eigenvalue weighted by atomic mass is 10.0. The third-order valence-corrected chi connectivity index (χ3v) is 6.63. The molecule has 0 spiro atoms. The van der Waals surface area contributed by atoms with Gasteiger partial charge < -0.3 is 10.2 Å². The van der Waals surface area contributed by atoms with Crippen LogP contribution in [-0.2, 0) is 23.7 Å². The van der Waals surface area contributed by atoms with Crippen molar-refractivity contribution in [2.45, 2.75) is 25.8 Å². The predicted octanol–water partition coefficient (Wildman–Crippen LogP) is 5.53. The number of alkyl halides is 6. The molecule has 1 saturated heterocycles. The van der Waals surface area contributed by atoms with Crippen molar-refractivity contribution in [3.05, 3.63) is 71.9 Å². The number of aromatic nitrogens is 4. The van der Waals surface area contributed by atoms with E-state index in [0.717, 1.165) is 18.3 Å². The molecule has 214 valence electrons. The zero-order valence-corrected chi connectivity index (χ0v) is 21.6. The van der Waals surface area contributed by atoms with E-state index in [2.05, 4.69) is 25.3 Å². The summed E-state index contributed by atoms with van der Waals surface area (Å²) in [6, 6.07) is 8.67. The van der Waals surface area contributed by atoms with Crippen LogP contribution in [0.4, 0.5) is 37.8 Å². The molecule has 1 amide bonds. The van der Waals surface area contributed by atoms with Crippen LogP contribution in [0.25, 0.3) is 22.2 Å². The van der Waals surface area contributed by atoms with E-state index in [1.54, 1.807) is 4.90 Å². The molecule has 0 aliphatic carbocycles. The van der Waals surface area contributed by atoms with Gasteiger partial charge in [-0.15, -0.1) is 0 Å². The smallest absolute Gasteiger partial charge is 0.340 e. The molecule has 4 heterocycles. The summed E-state index contributed by atoms with van der Waals surface area (Å²) < 4.78 is 79.9. The van der Waals surface area contributed by atoms with Gasteiger partial charge in [-0.3, -0.25) is 14.7 Å². The second-order valence-electron chi connectivity index (χ2n) is 9.45. The standard InChI is InChI=1S/C27H23F6N7O/c1-16(41)40-11-9-39(10-12-40)15-23-37-21-13-17(24-20(26(28,29)30)3-2-8-34-24)4-6-19(21)25(38-23)36-18-5-7-22(35-14-18)27(31,32)33/h2-8,13-14H,9-12,15H2,1H3,(H,36,37,38). The van der Waals surface area contributed by atoms with Crippen LogP contribution in [0.1, 0.15) is 24.0 Å². The molecular weight excluding hydrogens is 552 g/mol. The Hall–Kier alpha value is -4.33. The fourth-order valence-corrected chi connectivity index (χ4v) is 4.55. The number of nitrogens with one attached hydrogen (secondary N) is 1. The van der Waals surface area contributed by atoms with Crippen molar-refractivity contribution in [2.24, 2.45) is 0 Å². The summed E-state index contributed by atoms with van der Waals surface area (Å²) in [7, 11) is 0. The first kappa shape index (κ1) is 28.2. The van der Waals surface area contributed by atoms with Gasteiger partial charge in [0, 0.05) is 50.2 Å². The van der Waals surface area contributed by atoms with Gasteiger partial charge in [-0.2, -0.15) is 26.3 Å². The summed E-state index contributed by atoms with van der Waals surface area (Å²) in [6.07, 6.45) is -6.93. The van der Waals surface area contributed by atoms with Crippen LogP contribution in [0.5, 0.6) is 0 Å². The Labute approximate surface area is 230 Å². The molecule has 0 atom stereocenters. The molecule has 14 heteroatoms. The fraction of sp³-hybridized carbons (Fsp3) is 0.296. The molecule has 0 bridgehead atoms. The van der Waals surface area contributed by atoms with Crippen molar-refractivity contribution in [3.63, 3.8) is 0 Å². The molecule has 1 aliphatic rings. The Morgan fingerprint density at radius 2 is 1.68 bits per heavy atom. The van der Waals surface area contributed by atoms with Gasteiger partial charge in [0.2, 0.25) is 5.91 Å². The number of benzene rings is 1. The van der Waals surface area contributed by atoms with E-state index in [1.165, 1.54) is 43.5 Å². The second-order valence-corrected chi connectivity index (χ2v) is 9.45. The first-order valence-corrected chi connectivity index (χ1v) is 12.5. The zero-order chi connectivity index (χ0) is 29.4. The first-order valence-electron chi connectivity index (χ1n) is 12.5. The molecule has 3 aromatic heterocycles. The lowest BCUT2D eigenvalue weighted by molar-refractivity contribution is -0.141. The molecule has 8 nitrogen and oxygen atoms in total. The number of anilines is 2. The number of pyridine rings is 2. The molecule has 41 heavy (non-hydrogen) atoms. The number of fused-ring (bicyclic) bond motifs is 1. The van der Waals surface area contributed by atoms with Gasteiger partial charge in [0.15, 0.2) is 0 Å². The Kier molecular flexibility index (Phi) is 7.51. The van der Waals surface area contributed by atoms with Gasteiger partial charge >= 0.3 is 12.4 Å². The topological polar surface area (TPSA) is 87.1 Å². The highest BCUT2D eigenvalue weighted by Gasteiger charge is 2.34. The van der Waals surface area contributed by atoms with E-state index < -0.39 is 23.6 Å². The van der Waals surface area contributed by atoms with E-state index in [4.69, 9.17) is 0 Å². The minimum absolute atomic E-state index is 0.0245. The van der Waals surface area contributed by atoms with Crippen molar-refractivity contribution in [2.75, 3.05) is 31.5 Å². The van der Waals surface area contributed by atoms with Gasteiger partial charge in [-0.1, -0.05) is 6.07 Å². The summed E-state index contributed by atoms with van der Waals surface area (Å²) in [5.41, 5.74) is -1.48. The normalized spacial score (nSPS) is 14.9. The van der Waals surface area contributed by atoms with Crippen LogP contribution >= 0.6 is 0 Å². The highest BCUT2D eigenvalue weighted by atomic mass is 19.4. The number of nitrogens with zero attached hydrogens (tertiary/aromatic N) is 6. The average molecular weight is 576 g/mol. The van der Waals surface area contributed by atoms with Crippen molar-refractivity contribution in [1.82, 2.24) is 29.7 Å². The van der Waals surface area contributed by atoms with Crippen LogP contribution in [0.3, 0.4) is 0 Å². The Morgan fingerprint density at radius 1 is 0.927 bits per heavy atom. The Morgan fingerprint density at radius 3 is 2.32 bits per heavy atom. The monoisotopic (exact) mass is 575 g/mol. The molecular formula is C27H23F6N7O. The lowest BCUT2D eigenvalue weighted by Gasteiger charge is -2.33. The van der Waals surface area contributed by atoms with Crippen LogP contribution in [0.15, 0.2) is 54.9 Å². The SMILES string of the molecule is CC(=O)N1CCN(Cc2nc(Nc3ccc(C(F)(F)F)nc3)c3ccc(-c4ncccc4C(F)(F)F)cc3n2)CC1. The fourth-order valence-electron chi connectivity index (χ4n) is 4.55. The van der Waals surface area contributed by atoms with Gasteiger partial charge in [0.25, 0.3) is 0 Å². The van der Waals surface area contributed by atoms with Crippen LogP contribution in [0, 0.1) is 0 Å². The average Bonchev–Trinajstić information content (AvgIpc) is 2.92. The number of halogens is 6. The second kappa shape index (κ2) is 10.9. The van der Waals surface area contributed by atoms with Gasteiger partial charge in [-0.05, 0) is 36.4 Å². The van der Waals surface area contributed by atoms with Crippen molar-refractivity contribution >= 4 is 28.3 Å². The number of carbonyl (C=O) groups excluding carboxylic acids is 1. The Balaban J connectivity index is 1.53. The summed E-state index contributed by atoms with van der Waals surface area (Å²) in [5, 5.41) is 3.41. The maximum absolute atomic E-state index is 13.7. The van der Waals surface area contributed by atoms with E-state index in [1.807, 2.05) is 4.90 Å².